The third-order valence-corrected chi connectivity index (χ3v) is 4.83. The van der Waals surface area contributed by atoms with Crippen LogP contribution in [0.15, 0.2) is 75.8 Å². The summed E-state index contributed by atoms with van der Waals surface area (Å²) in [5.74, 6) is -0.759. The first kappa shape index (κ1) is 18.5. The van der Waals surface area contributed by atoms with Crippen LogP contribution in [0.25, 0.3) is 22.7 Å². The summed E-state index contributed by atoms with van der Waals surface area (Å²) in [5, 5.41) is 0.511. The van der Waals surface area contributed by atoms with Crippen molar-refractivity contribution in [1.82, 2.24) is 9.36 Å². The molecule has 1 unspecified atom stereocenters. The molecule has 7 nitrogen and oxygen atoms in total. The van der Waals surface area contributed by atoms with Crippen molar-refractivity contribution in [3.8, 4) is 0 Å². The summed E-state index contributed by atoms with van der Waals surface area (Å²) < 4.78 is 7.43. The molecule has 3 aromatic rings. The summed E-state index contributed by atoms with van der Waals surface area (Å²) in [6.07, 6.45) is 3.45. The molecule has 2 aromatic carbocycles. The molecule has 1 aromatic heterocycles. The Morgan fingerprint density at radius 3 is 2.31 bits per heavy atom. The van der Waals surface area contributed by atoms with Crippen LogP contribution >= 0.6 is 0 Å². The summed E-state index contributed by atoms with van der Waals surface area (Å²) in [6.45, 7) is 1.82. The Labute approximate surface area is 165 Å². The molecule has 0 aliphatic carbocycles. The van der Waals surface area contributed by atoms with Gasteiger partial charge in [0.1, 0.15) is 17.4 Å². The molecule has 0 fully saturated rings. The Balaban J connectivity index is 1.99. The number of benzene rings is 2. The Hall–Kier alpha value is -3.87. The van der Waals surface area contributed by atoms with E-state index in [-0.39, 0.29) is 28.8 Å². The van der Waals surface area contributed by atoms with E-state index in [4.69, 9.17) is 10.5 Å². The summed E-state index contributed by atoms with van der Waals surface area (Å²) in [7, 11) is 0. The van der Waals surface area contributed by atoms with Crippen molar-refractivity contribution in [1.29, 1.82) is 0 Å². The number of aromatic nitrogens is 2. The van der Waals surface area contributed by atoms with E-state index < -0.39 is 23.1 Å². The molecule has 0 bridgehead atoms. The standard InChI is InChI=1S/C22H19N3O4/c1-2-29-22(28)18-17(13-12-14-8-4-3-5-9-14)24-20(26)15-10-6-7-11-16(15)21(27)25(24)19(18)23/h3-13,17H,2,23H2,1H3/b13-12+. The van der Waals surface area contributed by atoms with Gasteiger partial charge in [-0.3, -0.25) is 9.59 Å². The van der Waals surface area contributed by atoms with Crippen LogP contribution in [-0.4, -0.2) is 21.9 Å². The number of allylic oxidation sites excluding steroid dienone is 1. The zero-order chi connectivity index (χ0) is 20.5. The van der Waals surface area contributed by atoms with Crippen LogP contribution in [0, 0.1) is 0 Å². The molecule has 0 radical (unpaired) electrons. The molecule has 4 rings (SSSR count). The fourth-order valence-corrected chi connectivity index (χ4v) is 3.52. The molecular weight excluding hydrogens is 370 g/mol. The molecule has 29 heavy (non-hydrogen) atoms. The number of nitrogens with zero attached hydrogens (tertiary/aromatic N) is 2. The minimum atomic E-state index is -0.862. The highest BCUT2D eigenvalue weighted by atomic mass is 16.5. The topological polar surface area (TPSA) is 96.3 Å². The first-order valence-corrected chi connectivity index (χ1v) is 9.21. The molecule has 2 N–H and O–H groups in total. The molecule has 1 aliphatic heterocycles. The van der Waals surface area contributed by atoms with Gasteiger partial charge in [-0.2, -0.15) is 4.68 Å². The van der Waals surface area contributed by atoms with Gasteiger partial charge in [-0.1, -0.05) is 54.6 Å². The van der Waals surface area contributed by atoms with Gasteiger partial charge in [0, 0.05) is 0 Å². The maximum atomic E-state index is 13.2. The van der Waals surface area contributed by atoms with Crippen LogP contribution in [0.3, 0.4) is 0 Å². The van der Waals surface area contributed by atoms with Gasteiger partial charge in [0.25, 0.3) is 11.1 Å². The fourth-order valence-electron chi connectivity index (χ4n) is 3.52. The Morgan fingerprint density at radius 2 is 1.66 bits per heavy atom. The molecule has 0 saturated carbocycles. The molecule has 2 heterocycles. The summed E-state index contributed by atoms with van der Waals surface area (Å²) in [6, 6.07) is 15.1. The van der Waals surface area contributed by atoms with Gasteiger partial charge in [0.2, 0.25) is 0 Å². The number of hydrogen-bond donors (Lipinski definition) is 1. The highest BCUT2D eigenvalue weighted by Gasteiger charge is 2.36. The SMILES string of the molecule is CCOC(=O)C1=C(N)n2c(=O)c3ccccc3c(=O)n2C1/C=C/c1ccccc1. The van der Waals surface area contributed by atoms with E-state index in [0.29, 0.717) is 0 Å². The van der Waals surface area contributed by atoms with Gasteiger partial charge in [-0.15, -0.1) is 0 Å². The number of fused-ring (bicyclic) bond motifs is 2. The maximum absolute atomic E-state index is 13.2. The zero-order valence-corrected chi connectivity index (χ0v) is 15.7. The first-order valence-electron chi connectivity index (χ1n) is 9.21. The fraction of sp³-hybridized carbons (Fsp3) is 0.136. The molecule has 0 amide bonds. The van der Waals surface area contributed by atoms with Crippen LogP contribution in [0.4, 0.5) is 0 Å². The van der Waals surface area contributed by atoms with Crippen molar-refractivity contribution in [2.45, 2.75) is 13.0 Å². The van der Waals surface area contributed by atoms with Gasteiger partial charge in [0.05, 0.1) is 17.4 Å². The molecule has 0 saturated heterocycles. The average Bonchev–Trinajstić information content (AvgIpc) is 3.04. The minimum Gasteiger partial charge on any atom is -0.462 e. The quantitative estimate of drug-likeness (QED) is 0.690. The molecule has 146 valence electrons. The van der Waals surface area contributed by atoms with Crippen molar-refractivity contribution < 1.29 is 9.53 Å². The number of esters is 1. The summed E-state index contributed by atoms with van der Waals surface area (Å²) in [5.41, 5.74) is 6.26. The predicted molar refractivity (Wildman–Crippen MR) is 111 cm³/mol. The molecule has 0 spiro atoms. The zero-order valence-electron chi connectivity index (χ0n) is 15.7. The highest BCUT2D eigenvalue weighted by Crippen LogP contribution is 2.29. The second kappa shape index (κ2) is 7.27. The lowest BCUT2D eigenvalue weighted by Crippen LogP contribution is -2.37. The van der Waals surface area contributed by atoms with Crippen LogP contribution < -0.4 is 16.9 Å². The Kier molecular flexibility index (Phi) is 4.64. The van der Waals surface area contributed by atoms with E-state index in [1.165, 1.54) is 4.68 Å². The van der Waals surface area contributed by atoms with E-state index in [1.807, 2.05) is 30.3 Å². The van der Waals surface area contributed by atoms with Crippen molar-refractivity contribution in [3.05, 3.63) is 92.5 Å². The molecule has 7 heteroatoms. The monoisotopic (exact) mass is 389 g/mol. The van der Waals surface area contributed by atoms with Crippen molar-refractivity contribution in [3.63, 3.8) is 0 Å². The summed E-state index contributed by atoms with van der Waals surface area (Å²) in [4.78, 5) is 38.9. The van der Waals surface area contributed by atoms with Crippen molar-refractivity contribution in [2.24, 2.45) is 5.73 Å². The predicted octanol–water partition coefficient (Wildman–Crippen LogP) is 2.12. The minimum absolute atomic E-state index is 0.0635. The lowest BCUT2D eigenvalue weighted by atomic mass is 10.1. The van der Waals surface area contributed by atoms with Crippen molar-refractivity contribution >= 4 is 28.6 Å². The van der Waals surface area contributed by atoms with E-state index in [9.17, 15) is 14.4 Å². The number of hydrogen-bond acceptors (Lipinski definition) is 5. The van der Waals surface area contributed by atoms with E-state index >= 15 is 0 Å². The first-order chi connectivity index (χ1) is 14.0. The van der Waals surface area contributed by atoms with E-state index in [1.54, 1.807) is 43.3 Å². The number of carbonyl (C=O) groups is 1. The van der Waals surface area contributed by atoms with Gasteiger partial charge in [-0.05, 0) is 24.6 Å². The second-order valence-corrected chi connectivity index (χ2v) is 6.55. The van der Waals surface area contributed by atoms with Gasteiger partial charge < -0.3 is 10.5 Å². The number of carbonyl (C=O) groups excluding carboxylic acids is 1. The Morgan fingerprint density at radius 1 is 1.03 bits per heavy atom. The van der Waals surface area contributed by atoms with Crippen LogP contribution in [0.2, 0.25) is 0 Å². The molecular formula is C22H19N3O4. The normalized spacial score (nSPS) is 15.8. The van der Waals surface area contributed by atoms with Crippen LogP contribution in [-0.2, 0) is 9.53 Å². The largest absolute Gasteiger partial charge is 0.462 e. The Bertz CT molecular complexity index is 1280. The maximum Gasteiger partial charge on any atom is 0.340 e. The van der Waals surface area contributed by atoms with Crippen LogP contribution in [0.5, 0.6) is 0 Å². The average molecular weight is 389 g/mol. The van der Waals surface area contributed by atoms with E-state index in [2.05, 4.69) is 0 Å². The molecule has 1 atom stereocenters. The lowest BCUT2D eigenvalue weighted by Gasteiger charge is -2.14. The van der Waals surface area contributed by atoms with Crippen LogP contribution in [0.1, 0.15) is 18.5 Å². The molecule has 1 aliphatic rings. The number of ether oxygens (including phenoxy) is 1. The highest BCUT2D eigenvalue weighted by molar-refractivity contribution is 5.97. The van der Waals surface area contributed by atoms with E-state index in [0.717, 1.165) is 10.2 Å². The van der Waals surface area contributed by atoms with Gasteiger partial charge in [-0.25, -0.2) is 9.48 Å². The third kappa shape index (κ3) is 2.97. The van der Waals surface area contributed by atoms with Crippen molar-refractivity contribution in [2.75, 3.05) is 6.61 Å². The van der Waals surface area contributed by atoms with Gasteiger partial charge in [0.15, 0.2) is 0 Å². The van der Waals surface area contributed by atoms with Gasteiger partial charge >= 0.3 is 5.97 Å². The smallest absolute Gasteiger partial charge is 0.340 e. The number of rotatable bonds is 4. The lowest BCUT2D eigenvalue weighted by molar-refractivity contribution is -0.138. The third-order valence-electron chi connectivity index (χ3n) is 4.83. The number of nitrogens with two attached hydrogens (primary N) is 1. The summed E-state index contributed by atoms with van der Waals surface area (Å²) >= 11 is 0. The second-order valence-electron chi connectivity index (χ2n) is 6.55.